The van der Waals surface area contributed by atoms with Crippen molar-refractivity contribution in [1.82, 2.24) is 15.1 Å². The standard InChI is InChI=1S/C21H27N3O5/c1-23(14-15-6-8-16(9-7-15)18(26)29-2)17(25)10-13-24-19(27)21(22-20(24)28)11-4-3-5-12-21/h6-9H,3-5,10-14H2,1-2H3,(H,22,28). The number of rotatable bonds is 6. The molecule has 0 bridgehead atoms. The summed E-state index contributed by atoms with van der Waals surface area (Å²) in [5, 5.41) is 2.86. The Hall–Kier alpha value is -2.90. The highest BCUT2D eigenvalue weighted by atomic mass is 16.5. The van der Waals surface area contributed by atoms with Gasteiger partial charge in [0, 0.05) is 26.6 Å². The van der Waals surface area contributed by atoms with Crippen LogP contribution in [-0.2, 0) is 20.9 Å². The smallest absolute Gasteiger partial charge is 0.337 e. The molecule has 2 aliphatic rings. The second-order valence-corrected chi connectivity index (χ2v) is 7.72. The van der Waals surface area contributed by atoms with E-state index in [0.29, 0.717) is 24.9 Å². The molecule has 1 aliphatic carbocycles. The molecule has 1 aromatic carbocycles. The first-order valence-corrected chi connectivity index (χ1v) is 9.91. The van der Waals surface area contributed by atoms with Crippen molar-refractivity contribution in [1.29, 1.82) is 0 Å². The van der Waals surface area contributed by atoms with Crippen LogP contribution in [0.5, 0.6) is 0 Å². The Kier molecular flexibility index (Phi) is 6.20. The number of carbonyl (C=O) groups excluding carboxylic acids is 4. The van der Waals surface area contributed by atoms with Crippen LogP contribution >= 0.6 is 0 Å². The SMILES string of the molecule is COC(=O)c1ccc(CN(C)C(=O)CCN2C(=O)NC3(CCCCC3)C2=O)cc1. The van der Waals surface area contributed by atoms with Gasteiger partial charge in [0.25, 0.3) is 5.91 Å². The maximum Gasteiger partial charge on any atom is 0.337 e. The molecular formula is C21H27N3O5. The third-order valence-electron chi connectivity index (χ3n) is 5.72. The zero-order chi connectivity index (χ0) is 21.0. The van der Waals surface area contributed by atoms with Gasteiger partial charge in [0.1, 0.15) is 5.54 Å². The van der Waals surface area contributed by atoms with Crippen molar-refractivity contribution < 1.29 is 23.9 Å². The molecule has 1 aromatic rings. The first-order valence-electron chi connectivity index (χ1n) is 9.91. The number of nitrogens with one attached hydrogen (secondary N) is 1. The average molecular weight is 401 g/mol. The molecule has 1 aliphatic heterocycles. The maximum atomic E-state index is 12.8. The molecular weight excluding hydrogens is 374 g/mol. The van der Waals surface area contributed by atoms with E-state index in [9.17, 15) is 19.2 Å². The lowest BCUT2D eigenvalue weighted by molar-refractivity contribution is -0.134. The van der Waals surface area contributed by atoms with Crippen molar-refractivity contribution in [3.63, 3.8) is 0 Å². The topological polar surface area (TPSA) is 96.0 Å². The monoisotopic (exact) mass is 401 g/mol. The van der Waals surface area contributed by atoms with Crippen molar-refractivity contribution in [3.05, 3.63) is 35.4 Å². The van der Waals surface area contributed by atoms with E-state index in [1.807, 2.05) is 0 Å². The van der Waals surface area contributed by atoms with Crippen LogP contribution in [-0.4, -0.2) is 59.9 Å². The van der Waals surface area contributed by atoms with Crippen LogP contribution in [0.2, 0.25) is 0 Å². The summed E-state index contributed by atoms with van der Waals surface area (Å²) in [6.45, 7) is 0.446. The van der Waals surface area contributed by atoms with E-state index in [4.69, 9.17) is 0 Å². The highest BCUT2D eigenvalue weighted by Gasteiger charge is 2.51. The summed E-state index contributed by atoms with van der Waals surface area (Å²) in [4.78, 5) is 51.7. The minimum atomic E-state index is -0.758. The summed E-state index contributed by atoms with van der Waals surface area (Å²) < 4.78 is 4.67. The van der Waals surface area contributed by atoms with Crippen molar-refractivity contribution in [3.8, 4) is 0 Å². The second kappa shape index (κ2) is 8.63. The molecule has 1 saturated heterocycles. The lowest BCUT2D eigenvalue weighted by Crippen LogP contribution is -2.48. The second-order valence-electron chi connectivity index (χ2n) is 7.72. The Morgan fingerprint density at radius 2 is 1.79 bits per heavy atom. The van der Waals surface area contributed by atoms with Crippen molar-refractivity contribution in [2.24, 2.45) is 0 Å². The minimum absolute atomic E-state index is 0.0754. The number of imide groups is 1. The summed E-state index contributed by atoms with van der Waals surface area (Å²) in [5.74, 6) is -0.770. The lowest BCUT2D eigenvalue weighted by Gasteiger charge is -2.30. The molecule has 3 rings (SSSR count). The van der Waals surface area contributed by atoms with Crippen molar-refractivity contribution in [2.45, 2.75) is 50.6 Å². The van der Waals surface area contributed by atoms with Gasteiger partial charge in [0.05, 0.1) is 12.7 Å². The van der Waals surface area contributed by atoms with E-state index in [1.54, 1.807) is 36.2 Å². The van der Waals surface area contributed by atoms with Gasteiger partial charge < -0.3 is 15.0 Å². The normalized spacial score (nSPS) is 17.9. The molecule has 0 unspecified atom stereocenters. The average Bonchev–Trinajstić information content (AvgIpc) is 2.95. The van der Waals surface area contributed by atoms with Crippen LogP contribution in [0.25, 0.3) is 0 Å². The van der Waals surface area contributed by atoms with Gasteiger partial charge in [-0.25, -0.2) is 9.59 Å². The summed E-state index contributed by atoms with van der Waals surface area (Å²) in [6.07, 6.45) is 4.35. The van der Waals surface area contributed by atoms with Crippen LogP contribution < -0.4 is 5.32 Å². The molecule has 8 nitrogen and oxygen atoms in total. The Labute approximate surface area is 170 Å². The quantitative estimate of drug-likeness (QED) is 0.582. The summed E-state index contributed by atoms with van der Waals surface area (Å²) in [6, 6.07) is 6.43. The number of benzene rings is 1. The van der Waals surface area contributed by atoms with Gasteiger partial charge in [-0.2, -0.15) is 0 Å². The highest BCUT2D eigenvalue weighted by Crippen LogP contribution is 2.33. The van der Waals surface area contributed by atoms with Gasteiger partial charge in [0.2, 0.25) is 5.91 Å². The highest BCUT2D eigenvalue weighted by molar-refractivity contribution is 6.07. The van der Waals surface area contributed by atoms with Crippen LogP contribution in [0, 0.1) is 0 Å². The number of carbonyl (C=O) groups is 4. The number of amides is 4. The van der Waals surface area contributed by atoms with Crippen LogP contribution in [0.3, 0.4) is 0 Å². The zero-order valence-corrected chi connectivity index (χ0v) is 16.9. The van der Waals surface area contributed by atoms with Crippen molar-refractivity contribution in [2.75, 3.05) is 20.7 Å². The first-order chi connectivity index (χ1) is 13.9. The number of hydrogen-bond acceptors (Lipinski definition) is 5. The number of nitrogens with zero attached hydrogens (tertiary/aromatic N) is 2. The fourth-order valence-electron chi connectivity index (χ4n) is 4.00. The Morgan fingerprint density at radius 1 is 1.14 bits per heavy atom. The molecule has 29 heavy (non-hydrogen) atoms. The van der Waals surface area contributed by atoms with Gasteiger partial charge in [0.15, 0.2) is 0 Å². The van der Waals surface area contributed by atoms with Gasteiger partial charge >= 0.3 is 12.0 Å². The van der Waals surface area contributed by atoms with E-state index >= 15 is 0 Å². The van der Waals surface area contributed by atoms with E-state index in [2.05, 4.69) is 10.1 Å². The fraction of sp³-hybridized carbons (Fsp3) is 0.524. The van der Waals surface area contributed by atoms with Crippen LogP contribution in [0.4, 0.5) is 4.79 Å². The molecule has 2 fully saturated rings. The van der Waals surface area contributed by atoms with Gasteiger partial charge in [-0.05, 0) is 30.5 Å². The third-order valence-corrected chi connectivity index (χ3v) is 5.72. The largest absolute Gasteiger partial charge is 0.465 e. The molecule has 1 N–H and O–H groups in total. The third kappa shape index (κ3) is 4.41. The molecule has 0 atom stereocenters. The van der Waals surface area contributed by atoms with E-state index < -0.39 is 17.5 Å². The Balaban J connectivity index is 1.53. The molecule has 1 saturated carbocycles. The molecule has 0 radical (unpaired) electrons. The molecule has 1 heterocycles. The summed E-state index contributed by atoms with van der Waals surface area (Å²) in [7, 11) is 3.00. The fourth-order valence-corrected chi connectivity index (χ4v) is 4.00. The summed E-state index contributed by atoms with van der Waals surface area (Å²) in [5.41, 5.74) is 0.552. The number of hydrogen-bond donors (Lipinski definition) is 1. The minimum Gasteiger partial charge on any atom is -0.465 e. The number of esters is 1. The molecule has 1 spiro atoms. The number of urea groups is 1. The Bertz CT molecular complexity index is 799. The van der Waals surface area contributed by atoms with Crippen molar-refractivity contribution >= 4 is 23.8 Å². The molecule has 0 aromatic heterocycles. The van der Waals surface area contributed by atoms with Gasteiger partial charge in [-0.3, -0.25) is 14.5 Å². The molecule has 8 heteroatoms. The maximum absolute atomic E-state index is 12.8. The molecule has 4 amide bonds. The van der Waals surface area contributed by atoms with Gasteiger partial charge in [-0.1, -0.05) is 31.4 Å². The zero-order valence-electron chi connectivity index (χ0n) is 16.9. The van der Waals surface area contributed by atoms with E-state index in [-0.39, 0.29) is 24.8 Å². The molecule has 156 valence electrons. The number of methoxy groups -OCH3 is 1. The van der Waals surface area contributed by atoms with E-state index in [0.717, 1.165) is 24.8 Å². The van der Waals surface area contributed by atoms with Crippen LogP contribution in [0.15, 0.2) is 24.3 Å². The van der Waals surface area contributed by atoms with Gasteiger partial charge in [-0.15, -0.1) is 0 Å². The lowest BCUT2D eigenvalue weighted by atomic mass is 9.82. The first kappa shape index (κ1) is 20.8. The van der Waals surface area contributed by atoms with E-state index in [1.165, 1.54) is 12.0 Å². The van der Waals surface area contributed by atoms with Crippen LogP contribution in [0.1, 0.15) is 54.4 Å². The number of ether oxygens (including phenoxy) is 1. The summed E-state index contributed by atoms with van der Waals surface area (Å²) >= 11 is 0. The Morgan fingerprint density at radius 3 is 2.41 bits per heavy atom. The predicted octanol–water partition coefficient (Wildman–Crippen LogP) is 2.08. The predicted molar refractivity (Wildman–Crippen MR) is 105 cm³/mol.